The van der Waals surface area contributed by atoms with Gasteiger partial charge in [0.1, 0.15) is 0 Å². The lowest BCUT2D eigenvalue weighted by Gasteiger charge is -2.36. The molecule has 142 valence electrons. The van der Waals surface area contributed by atoms with E-state index in [1.54, 1.807) is 0 Å². The molecule has 2 aliphatic rings. The number of piperazine rings is 1. The van der Waals surface area contributed by atoms with Crippen molar-refractivity contribution in [3.63, 3.8) is 0 Å². The van der Waals surface area contributed by atoms with E-state index in [0.29, 0.717) is 5.91 Å². The summed E-state index contributed by atoms with van der Waals surface area (Å²) < 4.78 is 0. The molecule has 1 aliphatic carbocycles. The standard InChI is InChI=1S/C21H31N3O2/c1-15-4-5-16(2)19(14-15)22-20(25)17-6-8-18(9-7-17)21(26)24-12-10-23(3)11-13-24/h4-5,14,17-18H,6-13H2,1-3H3,(H,22,25). The van der Waals surface area contributed by atoms with Crippen molar-refractivity contribution in [1.82, 2.24) is 9.80 Å². The summed E-state index contributed by atoms with van der Waals surface area (Å²) in [6, 6.07) is 6.12. The lowest BCUT2D eigenvalue weighted by atomic mass is 9.80. The van der Waals surface area contributed by atoms with Gasteiger partial charge in [-0.3, -0.25) is 9.59 Å². The van der Waals surface area contributed by atoms with Gasteiger partial charge in [-0.25, -0.2) is 0 Å². The van der Waals surface area contributed by atoms with Gasteiger partial charge in [-0.1, -0.05) is 12.1 Å². The van der Waals surface area contributed by atoms with Crippen LogP contribution in [0.3, 0.4) is 0 Å². The van der Waals surface area contributed by atoms with Crippen LogP contribution in [-0.2, 0) is 9.59 Å². The van der Waals surface area contributed by atoms with E-state index < -0.39 is 0 Å². The van der Waals surface area contributed by atoms with Crippen LogP contribution in [0, 0.1) is 25.7 Å². The molecule has 26 heavy (non-hydrogen) atoms. The van der Waals surface area contributed by atoms with Gasteiger partial charge in [0.2, 0.25) is 11.8 Å². The number of anilines is 1. The van der Waals surface area contributed by atoms with Crippen molar-refractivity contribution >= 4 is 17.5 Å². The van der Waals surface area contributed by atoms with Gasteiger partial charge in [0, 0.05) is 43.7 Å². The molecule has 2 amide bonds. The maximum atomic E-state index is 12.7. The Hall–Kier alpha value is -1.88. The number of amides is 2. The summed E-state index contributed by atoms with van der Waals surface area (Å²) in [5.74, 6) is 0.519. The smallest absolute Gasteiger partial charge is 0.227 e. The minimum atomic E-state index is 0.0199. The maximum absolute atomic E-state index is 12.7. The predicted molar refractivity (Wildman–Crippen MR) is 104 cm³/mol. The van der Waals surface area contributed by atoms with Crippen LogP contribution in [0.2, 0.25) is 0 Å². The molecule has 5 heteroatoms. The molecular weight excluding hydrogens is 326 g/mol. The highest BCUT2D eigenvalue weighted by molar-refractivity contribution is 5.93. The van der Waals surface area contributed by atoms with E-state index in [1.807, 2.05) is 30.9 Å². The zero-order chi connectivity index (χ0) is 18.7. The van der Waals surface area contributed by atoms with Crippen LogP contribution >= 0.6 is 0 Å². The Morgan fingerprint density at radius 3 is 2.23 bits per heavy atom. The molecule has 0 atom stereocenters. The van der Waals surface area contributed by atoms with Gasteiger partial charge in [0.25, 0.3) is 0 Å². The van der Waals surface area contributed by atoms with Crippen LogP contribution in [0.4, 0.5) is 5.69 Å². The number of rotatable bonds is 3. The summed E-state index contributed by atoms with van der Waals surface area (Å²) in [5, 5.41) is 3.09. The van der Waals surface area contributed by atoms with Crippen LogP contribution in [0.15, 0.2) is 18.2 Å². The van der Waals surface area contributed by atoms with Crippen LogP contribution in [0.1, 0.15) is 36.8 Å². The van der Waals surface area contributed by atoms with Gasteiger partial charge < -0.3 is 15.1 Å². The lowest BCUT2D eigenvalue weighted by molar-refractivity contribution is -0.139. The van der Waals surface area contributed by atoms with Crippen molar-refractivity contribution in [2.45, 2.75) is 39.5 Å². The zero-order valence-electron chi connectivity index (χ0n) is 16.3. The number of carbonyl (C=O) groups is 2. The molecule has 3 rings (SSSR count). The van der Waals surface area contributed by atoms with E-state index in [0.717, 1.165) is 68.7 Å². The van der Waals surface area contributed by atoms with Crippen LogP contribution in [-0.4, -0.2) is 54.8 Å². The molecule has 0 radical (unpaired) electrons. The molecule has 1 heterocycles. The second-order valence-corrected chi connectivity index (χ2v) is 7.98. The highest BCUT2D eigenvalue weighted by Gasteiger charge is 2.33. The summed E-state index contributed by atoms with van der Waals surface area (Å²) in [4.78, 5) is 29.6. The van der Waals surface area contributed by atoms with Gasteiger partial charge in [0.05, 0.1) is 0 Å². The number of aryl methyl sites for hydroxylation is 2. The Labute approximate surface area is 156 Å². The Morgan fingerprint density at radius 2 is 1.58 bits per heavy atom. The molecular formula is C21H31N3O2. The highest BCUT2D eigenvalue weighted by Crippen LogP contribution is 2.31. The van der Waals surface area contributed by atoms with Crippen molar-refractivity contribution in [3.8, 4) is 0 Å². The van der Waals surface area contributed by atoms with Crippen molar-refractivity contribution < 1.29 is 9.59 Å². The third-order valence-electron chi connectivity index (χ3n) is 5.91. The predicted octanol–water partition coefficient (Wildman–Crippen LogP) is 2.82. The second kappa shape index (κ2) is 8.21. The van der Waals surface area contributed by atoms with Crippen LogP contribution < -0.4 is 5.32 Å². The van der Waals surface area contributed by atoms with E-state index in [9.17, 15) is 9.59 Å². The summed E-state index contributed by atoms with van der Waals surface area (Å²) in [7, 11) is 2.10. The first-order chi connectivity index (χ1) is 12.4. The van der Waals surface area contributed by atoms with E-state index in [4.69, 9.17) is 0 Å². The Bertz CT molecular complexity index is 657. The number of carbonyl (C=O) groups excluding carboxylic acids is 2. The average molecular weight is 357 g/mol. The first-order valence-electron chi connectivity index (χ1n) is 9.79. The van der Waals surface area contributed by atoms with E-state index >= 15 is 0 Å². The van der Waals surface area contributed by atoms with Gasteiger partial charge in [-0.05, 0) is 63.8 Å². The van der Waals surface area contributed by atoms with Crippen molar-refractivity contribution in [3.05, 3.63) is 29.3 Å². The number of likely N-dealkylation sites (N-methyl/N-ethyl adjacent to an activating group) is 1. The third kappa shape index (κ3) is 4.44. The summed E-state index contributed by atoms with van der Waals surface area (Å²) in [6.45, 7) is 7.63. The van der Waals surface area contributed by atoms with Crippen LogP contribution in [0.5, 0.6) is 0 Å². The van der Waals surface area contributed by atoms with Gasteiger partial charge in [-0.15, -0.1) is 0 Å². The van der Waals surface area contributed by atoms with Gasteiger partial charge >= 0.3 is 0 Å². The zero-order valence-corrected chi connectivity index (χ0v) is 16.3. The molecule has 0 spiro atoms. The summed E-state index contributed by atoms with van der Waals surface area (Å²) >= 11 is 0. The molecule has 1 saturated heterocycles. The highest BCUT2D eigenvalue weighted by atomic mass is 16.2. The topological polar surface area (TPSA) is 52.7 Å². The van der Waals surface area contributed by atoms with Gasteiger partial charge in [-0.2, -0.15) is 0 Å². The Morgan fingerprint density at radius 1 is 0.962 bits per heavy atom. The molecule has 0 bridgehead atoms. The maximum Gasteiger partial charge on any atom is 0.227 e. The fourth-order valence-corrected chi connectivity index (χ4v) is 3.99. The van der Waals surface area contributed by atoms with E-state index in [1.165, 1.54) is 0 Å². The minimum Gasteiger partial charge on any atom is -0.340 e. The first-order valence-corrected chi connectivity index (χ1v) is 9.79. The van der Waals surface area contributed by atoms with Crippen molar-refractivity contribution in [1.29, 1.82) is 0 Å². The monoisotopic (exact) mass is 357 g/mol. The molecule has 1 aromatic rings. The second-order valence-electron chi connectivity index (χ2n) is 7.98. The molecule has 1 saturated carbocycles. The fourth-order valence-electron chi connectivity index (χ4n) is 3.99. The first kappa shape index (κ1) is 18.9. The molecule has 0 aromatic heterocycles. The van der Waals surface area contributed by atoms with E-state index in [2.05, 4.69) is 23.3 Å². The fraction of sp³-hybridized carbons (Fsp3) is 0.619. The Kier molecular flexibility index (Phi) is 5.97. The number of nitrogens with zero attached hydrogens (tertiary/aromatic N) is 2. The number of benzene rings is 1. The molecule has 5 nitrogen and oxygen atoms in total. The molecule has 1 N–H and O–H groups in total. The SMILES string of the molecule is Cc1ccc(C)c(NC(=O)C2CCC(C(=O)N3CCN(C)CC3)CC2)c1. The minimum absolute atomic E-state index is 0.0199. The number of hydrogen-bond donors (Lipinski definition) is 1. The van der Waals surface area contributed by atoms with Crippen LogP contribution in [0.25, 0.3) is 0 Å². The third-order valence-corrected chi connectivity index (χ3v) is 5.91. The lowest BCUT2D eigenvalue weighted by Crippen LogP contribution is -2.49. The molecule has 0 unspecified atom stereocenters. The summed E-state index contributed by atoms with van der Waals surface area (Å²) in [6.07, 6.45) is 3.27. The molecule has 1 aromatic carbocycles. The largest absolute Gasteiger partial charge is 0.340 e. The number of nitrogens with one attached hydrogen (secondary N) is 1. The molecule has 2 fully saturated rings. The Balaban J connectivity index is 1.50. The van der Waals surface area contributed by atoms with Crippen molar-refractivity contribution in [2.75, 3.05) is 38.5 Å². The quantitative estimate of drug-likeness (QED) is 0.905. The van der Waals surface area contributed by atoms with E-state index in [-0.39, 0.29) is 17.7 Å². The summed E-state index contributed by atoms with van der Waals surface area (Å²) in [5.41, 5.74) is 3.14. The number of hydrogen-bond acceptors (Lipinski definition) is 3. The van der Waals surface area contributed by atoms with Crippen molar-refractivity contribution in [2.24, 2.45) is 11.8 Å². The van der Waals surface area contributed by atoms with Gasteiger partial charge in [0.15, 0.2) is 0 Å². The molecule has 1 aliphatic heterocycles. The normalized spacial score (nSPS) is 24.3. The average Bonchev–Trinajstić information content (AvgIpc) is 2.65.